The average Bonchev–Trinajstić information content (AvgIpc) is 2.86. The summed E-state index contributed by atoms with van der Waals surface area (Å²) in [5.74, 6) is 1.96. The molecule has 98 valence electrons. The number of likely N-dealkylation sites (tertiary alicyclic amines) is 1. The average molecular weight is 241 g/mol. The summed E-state index contributed by atoms with van der Waals surface area (Å²) in [6.45, 7) is 4.06. The first kappa shape index (κ1) is 12.8. The van der Waals surface area contributed by atoms with E-state index in [1.165, 1.54) is 18.7 Å². The SMILES string of the molecule is COC(OC)N1CCC(CC2=NCCN2)CC1. The fourth-order valence-corrected chi connectivity index (χ4v) is 2.62. The Labute approximate surface area is 103 Å². The Morgan fingerprint density at radius 2 is 2.06 bits per heavy atom. The Morgan fingerprint density at radius 3 is 2.59 bits per heavy atom. The normalized spacial score (nSPS) is 22.9. The number of methoxy groups -OCH3 is 2. The van der Waals surface area contributed by atoms with Crippen LogP contribution in [-0.4, -0.2) is 57.5 Å². The van der Waals surface area contributed by atoms with Gasteiger partial charge in [-0.1, -0.05) is 0 Å². The largest absolute Gasteiger partial charge is 0.372 e. The maximum absolute atomic E-state index is 5.28. The summed E-state index contributed by atoms with van der Waals surface area (Å²) in [6.07, 6.45) is 3.32. The van der Waals surface area contributed by atoms with Gasteiger partial charge in [-0.15, -0.1) is 0 Å². The van der Waals surface area contributed by atoms with Crippen LogP contribution in [-0.2, 0) is 9.47 Å². The maximum atomic E-state index is 5.28. The highest BCUT2D eigenvalue weighted by Crippen LogP contribution is 2.22. The molecule has 2 aliphatic heterocycles. The van der Waals surface area contributed by atoms with Crippen molar-refractivity contribution in [3.63, 3.8) is 0 Å². The smallest absolute Gasteiger partial charge is 0.218 e. The topological polar surface area (TPSA) is 46.1 Å². The van der Waals surface area contributed by atoms with Crippen LogP contribution in [0.15, 0.2) is 4.99 Å². The van der Waals surface area contributed by atoms with Gasteiger partial charge in [0.15, 0.2) is 0 Å². The maximum Gasteiger partial charge on any atom is 0.218 e. The zero-order chi connectivity index (χ0) is 12.1. The molecule has 5 heteroatoms. The van der Waals surface area contributed by atoms with Crippen LogP contribution in [0.25, 0.3) is 0 Å². The molecule has 0 amide bonds. The highest BCUT2D eigenvalue weighted by molar-refractivity contribution is 5.83. The molecule has 0 atom stereocenters. The van der Waals surface area contributed by atoms with Crippen molar-refractivity contribution < 1.29 is 9.47 Å². The number of nitrogens with zero attached hydrogens (tertiary/aromatic N) is 2. The molecular weight excluding hydrogens is 218 g/mol. The lowest BCUT2D eigenvalue weighted by atomic mass is 9.93. The molecule has 17 heavy (non-hydrogen) atoms. The van der Waals surface area contributed by atoms with Crippen LogP contribution < -0.4 is 5.32 Å². The highest BCUT2D eigenvalue weighted by Gasteiger charge is 2.25. The summed E-state index contributed by atoms with van der Waals surface area (Å²) in [5.41, 5.74) is 0. The summed E-state index contributed by atoms with van der Waals surface area (Å²) in [5, 5.41) is 3.35. The first-order valence-electron chi connectivity index (χ1n) is 6.40. The van der Waals surface area contributed by atoms with E-state index in [0.29, 0.717) is 0 Å². The van der Waals surface area contributed by atoms with Gasteiger partial charge in [-0.25, -0.2) is 0 Å². The fourth-order valence-electron chi connectivity index (χ4n) is 2.62. The molecule has 5 nitrogen and oxygen atoms in total. The quantitative estimate of drug-likeness (QED) is 0.719. The Hall–Kier alpha value is -0.650. The Bertz CT molecular complexity index is 258. The van der Waals surface area contributed by atoms with Crippen LogP contribution in [0.2, 0.25) is 0 Å². The molecule has 1 N–H and O–H groups in total. The molecule has 0 radical (unpaired) electrons. The third-order valence-corrected chi connectivity index (χ3v) is 3.58. The van der Waals surface area contributed by atoms with Gasteiger partial charge in [-0.05, 0) is 18.8 Å². The zero-order valence-electron chi connectivity index (χ0n) is 10.8. The summed E-state index contributed by atoms with van der Waals surface area (Å²) < 4.78 is 10.6. The monoisotopic (exact) mass is 241 g/mol. The van der Waals surface area contributed by atoms with Crippen molar-refractivity contribution >= 4 is 5.84 Å². The van der Waals surface area contributed by atoms with Gasteiger partial charge in [0.25, 0.3) is 0 Å². The first-order valence-corrected chi connectivity index (χ1v) is 6.40. The molecule has 0 saturated carbocycles. The summed E-state index contributed by atoms with van der Waals surface area (Å²) in [4.78, 5) is 6.71. The second-order valence-electron chi connectivity index (χ2n) is 4.72. The zero-order valence-corrected chi connectivity index (χ0v) is 10.8. The second kappa shape index (κ2) is 6.33. The van der Waals surface area contributed by atoms with Gasteiger partial charge in [-0.2, -0.15) is 0 Å². The van der Waals surface area contributed by atoms with E-state index < -0.39 is 0 Å². The number of piperidine rings is 1. The van der Waals surface area contributed by atoms with E-state index >= 15 is 0 Å². The van der Waals surface area contributed by atoms with Crippen molar-refractivity contribution in [1.29, 1.82) is 0 Å². The van der Waals surface area contributed by atoms with E-state index in [-0.39, 0.29) is 6.41 Å². The second-order valence-corrected chi connectivity index (χ2v) is 4.72. The van der Waals surface area contributed by atoms with Crippen molar-refractivity contribution in [2.75, 3.05) is 40.4 Å². The van der Waals surface area contributed by atoms with E-state index in [2.05, 4.69) is 15.2 Å². The minimum Gasteiger partial charge on any atom is -0.372 e. The van der Waals surface area contributed by atoms with Gasteiger partial charge >= 0.3 is 0 Å². The molecule has 0 aromatic heterocycles. The lowest BCUT2D eigenvalue weighted by molar-refractivity contribution is -0.202. The molecular formula is C12H23N3O2. The third kappa shape index (κ3) is 3.40. The van der Waals surface area contributed by atoms with Crippen LogP contribution >= 0.6 is 0 Å². The highest BCUT2D eigenvalue weighted by atomic mass is 16.7. The van der Waals surface area contributed by atoms with Gasteiger partial charge in [0, 0.05) is 40.3 Å². The van der Waals surface area contributed by atoms with Crippen molar-refractivity contribution in [3.8, 4) is 0 Å². The van der Waals surface area contributed by atoms with Crippen LogP contribution in [0.4, 0.5) is 0 Å². The van der Waals surface area contributed by atoms with Gasteiger partial charge in [-0.3, -0.25) is 9.89 Å². The Kier molecular flexibility index (Phi) is 4.76. The molecule has 0 unspecified atom stereocenters. The number of hydrogen-bond acceptors (Lipinski definition) is 5. The number of aliphatic imine (C=N–C) groups is 1. The number of hydrogen-bond donors (Lipinski definition) is 1. The van der Waals surface area contributed by atoms with E-state index in [9.17, 15) is 0 Å². The van der Waals surface area contributed by atoms with Gasteiger partial charge < -0.3 is 14.8 Å². The van der Waals surface area contributed by atoms with Crippen molar-refractivity contribution in [1.82, 2.24) is 10.2 Å². The number of ether oxygens (including phenoxy) is 2. The summed E-state index contributed by atoms with van der Waals surface area (Å²) in [7, 11) is 3.38. The van der Waals surface area contributed by atoms with Crippen LogP contribution in [0.3, 0.4) is 0 Å². The molecule has 0 aliphatic carbocycles. The molecule has 2 rings (SSSR count). The van der Waals surface area contributed by atoms with Gasteiger partial charge in [0.05, 0.1) is 12.4 Å². The number of rotatable bonds is 5. The molecule has 2 aliphatic rings. The molecule has 2 heterocycles. The standard InChI is InChI=1S/C12H23N3O2/c1-16-12(17-2)15-7-3-10(4-8-15)9-11-13-5-6-14-11/h10,12H,3-9H2,1-2H3,(H,13,14). The number of amidine groups is 1. The minimum absolute atomic E-state index is 0.183. The van der Waals surface area contributed by atoms with E-state index in [0.717, 1.165) is 38.5 Å². The number of nitrogens with one attached hydrogen (secondary N) is 1. The van der Waals surface area contributed by atoms with Crippen LogP contribution in [0, 0.1) is 5.92 Å². The Balaban J connectivity index is 1.73. The predicted molar refractivity (Wildman–Crippen MR) is 67.0 cm³/mol. The summed E-state index contributed by atoms with van der Waals surface area (Å²) in [6, 6.07) is 0. The van der Waals surface area contributed by atoms with Crippen molar-refractivity contribution in [2.24, 2.45) is 10.9 Å². The van der Waals surface area contributed by atoms with Crippen molar-refractivity contribution in [3.05, 3.63) is 0 Å². The lowest BCUT2D eigenvalue weighted by Gasteiger charge is -2.35. The Morgan fingerprint density at radius 1 is 1.35 bits per heavy atom. The minimum atomic E-state index is -0.183. The lowest BCUT2D eigenvalue weighted by Crippen LogP contribution is -2.43. The molecule has 1 fully saturated rings. The fraction of sp³-hybridized carbons (Fsp3) is 0.917. The van der Waals surface area contributed by atoms with Crippen molar-refractivity contribution in [2.45, 2.75) is 25.7 Å². The third-order valence-electron chi connectivity index (χ3n) is 3.58. The molecule has 0 bridgehead atoms. The molecule has 0 aromatic carbocycles. The molecule has 0 spiro atoms. The predicted octanol–water partition coefficient (Wildman–Crippen LogP) is 0.667. The van der Waals surface area contributed by atoms with E-state index in [1.54, 1.807) is 14.2 Å². The summed E-state index contributed by atoms with van der Waals surface area (Å²) >= 11 is 0. The van der Waals surface area contributed by atoms with Gasteiger partial charge in [0.2, 0.25) is 6.41 Å². The van der Waals surface area contributed by atoms with Crippen LogP contribution in [0.5, 0.6) is 0 Å². The molecule has 0 aromatic rings. The first-order chi connectivity index (χ1) is 8.33. The molecule has 1 saturated heterocycles. The van der Waals surface area contributed by atoms with E-state index in [4.69, 9.17) is 9.47 Å². The van der Waals surface area contributed by atoms with Crippen LogP contribution in [0.1, 0.15) is 19.3 Å². The van der Waals surface area contributed by atoms with Gasteiger partial charge in [0.1, 0.15) is 0 Å². The van der Waals surface area contributed by atoms with E-state index in [1.807, 2.05) is 0 Å².